The molecule has 1 aromatic rings. The van der Waals surface area contributed by atoms with E-state index in [1.54, 1.807) is 6.92 Å². The van der Waals surface area contributed by atoms with E-state index in [2.05, 4.69) is 56.0 Å². The van der Waals surface area contributed by atoms with E-state index in [-0.39, 0.29) is 22.4 Å². The number of hydrogen-bond donors (Lipinski definition) is 1. The van der Waals surface area contributed by atoms with Gasteiger partial charge in [-0.1, -0.05) is 37.6 Å². The minimum atomic E-state index is -1.18. The van der Waals surface area contributed by atoms with Gasteiger partial charge in [-0.25, -0.2) is 0 Å². The maximum absolute atomic E-state index is 12.6. The Morgan fingerprint density at radius 3 is 2.47 bits per heavy atom. The molecule has 0 radical (unpaired) electrons. The van der Waals surface area contributed by atoms with Crippen LogP contribution in [0, 0.1) is 34.5 Å². The normalized spacial score (nSPS) is 41.2. The third kappa shape index (κ3) is 3.35. The summed E-state index contributed by atoms with van der Waals surface area (Å²) < 4.78 is 0. The third-order valence-corrected chi connectivity index (χ3v) is 10.8. The smallest absolute Gasteiger partial charge is 0.161 e. The number of fused-ring (bicyclic) bond motifs is 5. The van der Waals surface area contributed by atoms with Crippen LogP contribution in [-0.2, 0) is 9.59 Å². The molecule has 0 saturated heterocycles. The van der Waals surface area contributed by atoms with Crippen molar-refractivity contribution in [2.75, 3.05) is 18.0 Å². The Bertz CT molecular complexity index is 1000. The Morgan fingerprint density at radius 1 is 1.09 bits per heavy atom. The van der Waals surface area contributed by atoms with Gasteiger partial charge in [0.25, 0.3) is 0 Å². The predicted molar refractivity (Wildman–Crippen MR) is 136 cm³/mol. The van der Waals surface area contributed by atoms with Crippen LogP contribution < -0.4 is 4.90 Å². The highest BCUT2D eigenvalue weighted by Crippen LogP contribution is 2.68. The summed E-state index contributed by atoms with van der Waals surface area (Å²) in [4.78, 5) is 27.7. The Labute approximate surface area is 204 Å². The molecule has 3 saturated carbocycles. The summed E-state index contributed by atoms with van der Waals surface area (Å²) in [6.45, 7) is 10.2. The topological polar surface area (TPSA) is 57.6 Å². The number of carbonyl (C=O) groups is 2. The van der Waals surface area contributed by atoms with Crippen LogP contribution in [-0.4, -0.2) is 35.4 Å². The largest absolute Gasteiger partial charge is 0.382 e. The molecule has 0 amide bonds. The summed E-state index contributed by atoms with van der Waals surface area (Å²) in [5, 5.41) is 11.5. The fourth-order valence-electron chi connectivity index (χ4n) is 8.87. The molecule has 0 heterocycles. The van der Waals surface area contributed by atoms with E-state index >= 15 is 0 Å². The van der Waals surface area contributed by atoms with E-state index < -0.39 is 5.60 Å². The van der Waals surface area contributed by atoms with E-state index in [9.17, 15) is 14.7 Å². The lowest BCUT2D eigenvalue weighted by Crippen LogP contribution is -2.58. The second kappa shape index (κ2) is 8.33. The van der Waals surface area contributed by atoms with Gasteiger partial charge < -0.3 is 10.0 Å². The third-order valence-electron chi connectivity index (χ3n) is 10.8. The first kappa shape index (κ1) is 23.8. The van der Waals surface area contributed by atoms with Crippen molar-refractivity contribution in [3.8, 4) is 0 Å². The van der Waals surface area contributed by atoms with Gasteiger partial charge in [-0.05, 0) is 99.7 Å². The molecule has 1 N–H and O–H groups in total. The number of ketones is 2. The maximum atomic E-state index is 12.6. The van der Waals surface area contributed by atoms with Gasteiger partial charge in [0.15, 0.2) is 11.6 Å². The molecule has 34 heavy (non-hydrogen) atoms. The van der Waals surface area contributed by atoms with Crippen LogP contribution in [0.1, 0.15) is 72.6 Å². The number of carbonyl (C=O) groups excluding carboxylic acids is 2. The fraction of sp³-hybridized carbons (Fsp3) is 0.667. The average molecular weight is 464 g/mol. The summed E-state index contributed by atoms with van der Waals surface area (Å²) >= 11 is 0. The SMILES string of the molecule is CCN(CC1C[C@@H]2[C@H](CC[C@@]3(C)[C@H]2CC[C@]3(O)C(C)=O)[C@@]2(C)CCC(=O)C=C12)c1ccccc1. The molecule has 0 aromatic heterocycles. The highest BCUT2D eigenvalue weighted by Gasteiger charge is 2.66. The molecule has 0 spiro atoms. The molecular formula is C30H41NO3. The van der Waals surface area contributed by atoms with E-state index in [4.69, 9.17) is 0 Å². The van der Waals surface area contributed by atoms with E-state index in [1.165, 1.54) is 11.3 Å². The van der Waals surface area contributed by atoms with Gasteiger partial charge in [0, 0.05) is 30.6 Å². The number of aliphatic hydroxyl groups is 1. The second-order valence-corrected chi connectivity index (χ2v) is 12.1. The number of para-hydroxylation sites is 1. The molecule has 0 aliphatic heterocycles. The summed E-state index contributed by atoms with van der Waals surface area (Å²) in [6.07, 6.45) is 8.12. The summed E-state index contributed by atoms with van der Waals surface area (Å²) in [6, 6.07) is 10.6. The zero-order valence-electron chi connectivity index (χ0n) is 21.3. The first-order chi connectivity index (χ1) is 16.1. The fourth-order valence-corrected chi connectivity index (χ4v) is 8.87. The average Bonchev–Trinajstić information content (AvgIpc) is 3.11. The zero-order chi connectivity index (χ0) is 24.3. The highest BCUT2D eigenvalue weighted by molar-refractivity contribution is 5.92. The Morgan fingerprint density at radius 2 is 1.79 bits per heavy atom. The van der Waals surface area contributed by atoms with Crippen molar-refractivity contribution in [2.45, 2.75) is 78.2 Å². The lowest BCUT2D eigenvalue weighted by atomic mass is 9.44. The first-order valence-electron chi connectivity index (χ1n) is 13.4. The maximum Gasteiger partial charge on any atom is 0.161 e. The number of hydrogen-bond acceptors (Lipinski definition) is 4. The van der Waals surface area contributed by atoms with E-state index in [0.717, 1.165) is 45.2 Å². The highest BCUT2D eigenvalue weighted by atomic mass is 16.3. The molecule has 4 heteroatoms. The van der Waals surface area contributed by atoms with Gasteiger partial charge in [-0.3, -0.25) is 9.59 Å². The molecule has 4 aliphatic rings. The van der Waals surface area contributed by atoms with E-state index in [1.807, 2.05) is 6.08 Å². The molecule has 7 atom stereocenters. The summed E-state index contributed by atoms with van der Waals surface area (Å²) in [7, 11) is 0. The van der Waals surface area contributed by atoms with Crippen LogP contribution in [0.5, 0.6) is 0 Å². The molecule has 0 bridgehead atoms. The van der Waals surface area contributed by atoms with Crippen LogP contribution in [0.2, 0.25) is 0 Å². The van der Waals surface area contributed by atoms with Crippen molar-refractivity contribution in [1.82, 2.24) is 0 Å². The van der Waals surface area contributed by atoms with E-state index in [0.29, 0.717) is 36.5 Å². The van der Waals surface area contributed by atoms with Crippen molar-refractivity contribution in [3.63, 3.8) is 0 Å². The van der Waals surface area contributed by atoms with Gasteiger partial charge in [0.05, 0.1) is 0 Å². The van der Waals surface area contributed by atoms with Gasteiger partial charge in [-0.15, -0.1) is 0 Å². The molecule has 1 unspecified atom stereocenters. The van der Waals surface area contributed by atoms with Crippen LogP contribution in [0.3, 0.4) is 0 Å². The van der Waals surface area contributed by atoms with Gasteiger partial charge in [-0.2, -0.15) is 0 Å². The molecule has 3 fully saturated rings. The molecule has 5 rings (SSSR count). The van der Waals surface area contributed by atoms with Crippen molar-refractivity contribution < 1.29 is 14.7 Å². The number of anilines is 1. The van der Waals surface area contributed by atoms with Crippen LogP contribution in [0.15, 0.2) is 42.0 Å². The van der Waals surface area contributed by atoms with Gasteiger partial charge in [0.2, 0.25) is 0 Å². The molecule has 1 aromatic carbocycles. The van der Waals surface area contributed by atoms with Crippen molar-refractivity contribution >= 4 is 17.3 Å². The number of rotatable bonds is 5. The summed E-state index contributed by atoms with van der Waals surface area (Å²) in [5.41, 5.74) is 1.13. The first-order valence-corrected chi connectivity index (χ1v) is 13.4. The predicted octanol–water partition coefficient (Wildman–Crippen LogP) is 5.59. The number of Topliss-reactive ketones (excluding diaryl/α,β-unsaturated/α-hetero) is 1. The van der Waals surface area contributed by atoms with Crippen molar-refractivity contribution in [2.24, 2.45) is 34.5 Å². The minimum absolute atomic E-state index is 0.0376. The molecule has 184 valence electrons. The standard InChI is InChI=1S/C30H41NO3/c1-5-31(22-9-7-6-8-10-22)19-21-17-24-25(28(3)14-11-23(33)18-27(21)28)12-15-29(4)26(24)13-16-30(29,34)20(2)32/h6-10,18,21,24-26,34H,5,11-17,19H2,1-4H3/t21?,24-,25+,26+,28-,29+,30+/m1/s1. The lowest BCUT2D eigenvalue weighted by molar-refractivity contribution is -0.161. The molecule has 4 nitrogen and oxygen atoms in total. The molecular weight excluding hydrogens is 422 g/mol. The number of nitrogens with zero attached hydrogens (tertiary/aromatic N) is 1. The minimum Gasteiger partial charge on any atom is -0.382 e. The van der Waals surface area contributed by atoms with Crippen LogP contribution >= 0.6 is 0 Å². The molecule has 4 aliphatic carbocycles. The summed E-state index contributed by atoms with van der Waals surface area (Å²) in [5.74, 6) is 1.93. The quantitative estimate of drug-likeness (QED) is 0.618. The number of benzene rings is 1. The second-order valence-electron chi connectivity index (χ2n) is 12.1. The Kier molecular flexibility index (Phi) is 5.82. The lowest BCUT2D eigenvalue weighted by Gasteiger charge is -2.60. The Hall–Kier alpha value is -1.94. The van der Waals surface area contributed by atoms with Crippen LogP contribution in [0.25, 0.3) is 0 Å². The van der Waals surface area contributed by atoms with Crippen molar-refractivity contribution in [3.05, 3.63) is 42.0 Å². The van der Waals surface area contributed by atoms with Gasteiger partial charge >= 0.3 is 0 Å². The monoisotopic (exact) mass is 463 g/mol. The van der Waals surface area contributed by atoms with Crippen molar-refractivity contribution in [1.29, 1.82) is 0 Å². The Balaban J connectivity index is 1.52. The van der Waals surface area contributed by atoms with Crippen LogP contribution in [0.4, 0.5) is 5.69 Å². The van der Waals surface area contributed by atoms with Gasteiger partial charge in [0.1, 0.15) is 5.60 Å². The zero-order valence-corrected chi connectivity index (χ0v) is 21.3.